The Morgan fingerprint density at radius 1 is 1.17 bits per heavy atom. The molecule has 0 aromatic heterocycles. The van der Waals surface area contributed by atoms with Gasteiger partial charge in [-0.3, -0.25) is 9.69 Å². The maximum absolute atomic E-state index is 12.6. The molecule has 1 aromatic carbocycles. The molecule has 2 heterocycles. The third-order valence-electron chi connectivity index (χ3n) is 4.90. The van der Waals surface area contributed by atoms with Crippen LogP contribution in [0.2, 0.25) is 0 Å². The Hall–Kier alpha value is -1.59. The Balaban J connectivity index is 1.66. The number of piperidine rings is 1. The number of carbonyl (C=O) groups excluding carboxylic acids is 1. The van der Waals surface area contributed by atoms with Crippen molar-refractivity contribution in [3.05, 3.63) is 29.8 Å². The molecule has 2 saturated heterocycles. The summed E-state index contributed by atoms with van der Waals surface area (Å²) in [6.45, 7) is 5.13. The van der Waals surface area contributed by atoms with Gasteiger partial charge in [0.05, 0.1) is 13.7 Å². The first-order valence-electron chi connectivity index (χ1n) is 8.64. The van der Waals surface area contributed by atoms with Gasteiger partial charge in [0.1, 0.15) is 5.75 Å². The molecule has 5 nitrogen and oxygen atoms in total. The molecule has 23 heavy (non-hydrogen) atoms. The van der Waals surface area contributed by atoms with E-state index >= 15 is 0 Å². The molecular weight excluding hydrogens is 290 g/mol. The number of ether oxygens (including phenoxy) is 1. The number of hydrogen-bond acceptors (Lipinski definition) is 4. The van der Waals surface area contributed by atoms with Crippen molar-refractivity contribution in [2.45, 2.75) is 25.3 Å². The first-order chi connectivity index (χ1) is 11.3. The zero-order valence-corrected chi connectivity index (χ0v) is 14.0. The number of nitrogens with one attached hydrogen (secondary N) is 1. The van der Waals surface area contributed by atoms with Gasteiger partial charge in [-0.15, -0.1) is 0 Å². The SMILES string of the molecule is COc1ccc([C@H]2CNCCN2CC(=O)N2CCCCC2)cc1. The standard InChI is InChI=1S/C18H27N3O2/c1-23-16-7-5-15(6-8-16)17-13-19-9-12-21(17)14-18(22)20-10-3-2-4-11-20/h5-8,17,19H,2-4,9-14H2,1H3/t17-/m1/s1. The highest BCUT2D eigenvalue weighted by Crippen LogP contribution is 2.24. The Morgan fingerprint density at radius 3 is 2.61 bits per heavy atom. The quantitative estimate of drug-likeness (QED) is 0.917. The number of carbonyl (C=O) groups is 1. The summed E-state index contributed by atoms with van der Waals surface area (Å²) >= 11 is 0. The number of benzene rings is 1. The smallest absolute Gasteiger partial charge is 0.236 e. The second kappa shape index (κ2) is 7.79. The summed E-state index contributed by atoms with van der Waals surface area (Å²) in [5, 5.41) is 3.45. The molecule has 0 aliphatic carbocycles. The number of amides is 1. The predicted octanol–water partition coefficient (Wildman–Crippen LogP) is 1.65. The Labute approximate surface area is 138 Å². The van der Waals surface area contributed by atoms with Crippen LogP contribution in [0.15, 0.2) is 24.3 Å². The van der Waals surface area contributed by atoms with Crippen LogP contribution in [0.3, 0.4) is 0 Å². The van der Waals surface area contributed by atoms with E-state index in [0.29, 0.717) is 6.54 Å². The molecule has 2 fully saturated rings. The van der Waals surface area contributed by atoms with Gasteiger partial charge < -0.3 is 15.0 Å². The van der Waals surface area contributed by atoms with E-state index in [0.717, 1.165) is 51.3 Å². The summed E-state index contributed by atoms with van der Waals surface area (Å²) in [6, 6.07) is 8.45. The lowest BCUT2D eigenvalue weighted by atomic mass is 10.0. The number of likely N-dealkylation sites (tertiary alicyclic amines) is 1. The Bertz CT molecular complexity index is 512. The molecule has 1 aromatic rings. The van der Waals surface area contributed by atoms with Crippen molar-refractivity contribution in [1.29, 1.82) is 0 Å². The number of rotatable bonds is 4. The van der Waals surface area contributed by atoms with Crippen molar-refractivity contribution >= 4 is 5.91 Å². The molecule has 0 saturated carbocycles. The van der Waals surface area contributed by atoms with Crippen molar-refractivity contribution < 1.29 is 9.53 Å². The molecule has 1 amide bonds. The van der Waals surface area contributed by atoms with Crippen molar-refractivity contribution in [1.82, 2.24) is 15.1 Å². The van der Waals surface area contributed by atoms with Gasteiger partial charge in [-0.2, -0.15) is 0 Å². The molecule has 1 N–H and O–H groups in total. The molecule has 1 atom stereocenters. The number of hydrogen-bond donors (Lipinski definition) is 1. The molecule has 0 bridgehead atoms. The molecule has 0 spiro atoms. The fourth-order valence-corrected chi connectivity index (χ4v) is 3.51. The van der Waals surface area contributed by atoms with E-state index in [1.54, 1.807) is 7.11 Å². The monoisotopic (exact) mass is 317 g/mol. The largest absolute Gasteiger partial charge is 0.497 e. The van der Waals surface area contributed by atoms with Crippen LogP contribution in [0.1, 0.15) is 30.9 Å². The predicted molar refractivity (Wildman–Crippen MR) is 90.6 cm³/mol. The first kappa shape index (κ1) is 16.3. The van der Waals surface area contributed by atoms with Crippen molar-refractivity contribution in [2.75, 3.05) is 46.4 Å². The molecule has 0 radical (unpaired) electrons. The minimum atomic E-state index is 0.253. The van der Waals surface area contributed by atoms with Gasteiger partial charge in [0, 0.05) is 38.8 Å². The second-order valence-electron chi connectivity index (χ2n) is 6.41. The summed E-state index contributed by atoms with van der Waals surface area (Å²) in [4.78, 5) is 16.9. The fourth-order valence-electron chi connectivity index (χ4n) is 3.51. The lowest BCUT2D eigenvalue weighted by molar-refractivity contribution is -0.134. The van der Waals surface area contributed by atoms with E-state index in [9.17, 15) is 4.79 Å². The van der Waals surface area contributed by atoms with Crippen LogP contribution < -0.4 is 10.1 Å². The zero-order chi connectivity index (χ0) is 16.1. The molecule has 2 aliphatic rings. The van der Waals surface area contributed by atoms with Gasteiger partial charge in [0.2, 0.25) is 5.91 Å². The molecular formula is C18H27N3O2. The van der Waals surface area contributed by atoms with Gasteiger partial charge in [0.25, 0.3) is 0 Å². The van der Waals surface area contributed by atoms with E-state index in [-0.39, 0.29) is 11.9 Å². The van der Waals surface area contributed by atoms with Crippen molar-refractivity contribution in [2.24, 2.45) is 0 Å². The van der Waals surface area contributed by atoms with Gasteiger partial charge >= 0.3 is 0 Å². The Morgan fingerprint density at radius 2 is 1.91 bits per heavy atom. The highest BCUT2D eigenvalue weighted by atomic mass is 16.5. The lowest BCUT2D eigenvalue weighted by Crippen LogP contribution is -2.50. The average molecular weight is 317 g/mol. The zero-order valence-electron chi connectivity index (χ0n) is 14.0. The molecule has 5 heteroatoms. The van der Waals surface area contributed by atoms with Crippen LogP contribution in [-0.4, -0.2) is 62.1 Å². The first-order valence-corrected chi connectivity index (χ1v) is 8.64. The summed E-state index contributed by atoms with van der Waals surface area (Å²) in [6.07, 6.45) is 3.55. The van der Waals surface area contributed by atoms with Gasteiger partial charge in [-0.25, -0.2) is 0 Å². The maximum atomic E-state index is 12.6. The van der Waals surface area contributed by atoms with Crippen LogP contribution in [0.5, 0.6) is 5.75 Å². The van der Waals surface area contributed by atoms with Crippen molar-refractivity contribution in [3.8, 4) is 5.75 Å². The van der Waals surface area contributed by atoms with E-state index in [4.69, 9.17) is 4.74 Å². The van der Waals surface area contributed by atoms with E-state index in [1.165, 1.54) is 12.0 Å². The third-order valence-corrected chi connectivity index (χ3v) is 4.90. The average Bonchev–Trinajstić information content (AvgIpc) is 2.63. The van der Waals surface area contributed by atoms with Gasteiger partial charge in [-0.05, 0) is 37.0 Å². The van der Waals surface area contributed by atoms with E-state index in [1.807, 2.05) is 17.0 Å². The minimum Gasteiger partial charge on any atom is -0.497 e. The molecule has 3 rings (SSSR count). The van der Waals surface area contributed by atoms with Crippen molar-refractivity contribution in [3.63, 3.8) is 0 Å². The summed E-state index contributed by atoms with van der Waals surface area (Å²) < 4.78 is 5.24. The summed E-state index contributed by atoms with van der Waals surface area (Å²) in [5.74, 6) is 1.15. The van der Waals surface area contributed by atoms with Crippen LogP contribution in [-0.2, 0) is 4.79 Å². The number of nitrogens with zero attached hydrogens (tertiary/aromatic N) is 2. The highest BCUT2D eigenvalue weighted by molar-refractivity contribution is 5.78. The molecule has 2 aliphatic heterocycles. The minimum absolute atomic E-state index is 0.253. The van der Waals surface area contributed by atoms with Crippen LogP contribution in [0.4, 0.5) is 0 Å². The number of methoxy groups -OCH3 is 1. The molecule has 0 unspecified atom stereocenters. The normalized spacial score (nSPS) is 22.8. The summed E-state index contributed by atoms with van der Waals surface area (Å²) in [5.41, 5.74) is 1.24. The second-order valence-corrected chi connectivity index (χ2v) is 6.41. The lowest BCUT2D eigenvalue weighted by Gasteiger charge is -2.37. The fraction of sp³-hybridized carbons (Fsp3) is 0.611. The van der Waals surface area contributed by atoms with Gasteiger partial charge in [0.15, 0.2) is 0 Å². The third kappa shape index (κ3) is 4.03. The maximum Gasteiger partial charge on any atom is 0.236 e. The molecule has 126 valence electrons. The number of piperazine rings is 1. The van der Waals surface area contributed by atoms with E-state index in [2.05, 4.69) is 22.3 Å². The summed E-state index contributed by atoms with van der Waals surface area (Å²) in [7, 11) is 1.68. The van der Waals surface area contributed by atoms with E-state index < -0.39 is 0 Å². The highest BCUT2D eigenvalue weighted by Gasteiger charge is 2.27. The topological polar surface area (TPSA) is 44.8 Å². The van der Waals surface area contributed by atoms with Crippen LogP contribution >= 0.6 is 0 Å². The van der Waals surface area contributed by atoms with Gasteiger partial charge in [-0.1, -0.05) is 12.1 Å². The Kier molecular flexibility index (Phi) is 5.51. The van der Waals surface area contributed by atoms with Crippen LogP contribution in [0, 0.1) is 0 Å². The van der Waals surface area contributed by atoms with Crippen LogP contribution in [0.25, 0.3) is 0 Å².